The fraction of sp³-hybridized carbons (Fsp3) is 0.917. The number of ether oxygens (including phenoxy) is 1. The van der Waals surface area contributed by atoms with Gasteiger partial charge >= 0.3 is 6.18 Å². The van der Waals surface area contributed by atoms with Crippen LogP contribution in [0.5, 0.6) is 0 Å². The maximum atomic E-state index is 12.9. The maximum Gasteiger partial charge on any atom is 0.408 e. The highest BCUT2D eigenvalue weighted by molar-refractivity contribution is 5.78. The predicted molar refractivity (Wildman–Crippen MR) is 64.7 cm³/mol. The van der Waals surface area contributed by atoms with Gasteiger partial charge in [-0.1, -0.05) is 12.8 Å². The molecule has 0 heterocycles. The zero-order valence-electron chi connectivity index (χ0n) is 11.1. The van der Waals surface area contributed by atoms with Crippen LogP contribution in [0.2, 0.25) is 0 Å². The summed E-state index contributed by atoms with van der Waals surface area (Å²) in [4.78, 5) is 11.5. The molecular formula is C12H21F3N2O2. The second-order valence-corrected chi connectivity index (χ2v) is 4.80. The number of carbonyl (C=O) groups excluding carboxylic acids is 1. The van der Waals surface area contributed by atoms with Crippen molar-refractivity contribution < 1.29 is 22.7 Å². The molecule has 0 bridgehead atoms. The summed E-state index contributed by atoms with van der Waals surface area (Å²) in [5.74, 6) is -1.10. The van der Waals surface area contributed by atoms with E-state index in [4.69, 9.17) is 4.74 Å². The number of alkyl halides is 3. The average Bonchev–Trinajstić information content (AvgIpc) is 2.83. The smallest absolute Gasteiger partial charge is 0.383 e. The van der Waals surface area contributed by atoms with Crippen LogP contribution in [0.25, 0.3) is 0 Å². The van der Waals surface area contributed by atoms with E-state index >= 15 is 0 Å². The zero-order chi connectivity index (χ0) is 14.3. The Morgan fingerprint density at radius 2 is 2.00 bits per heavy atom. The molecule has 0 aromatic carbocycles. The number of methoxy groups -OCH3 is 1. The highest BCUT2D eigenvalue weighted by atomic mass is 19.4. The first-order chi connectivity index (χ1) is 8.95. The molecule has 112 valence electrons. The summed E-state index contributed by atoms with van der Waals surface area (Å²) >= 11 is 0. The molecule has 0 aromatic rings. The Labute approximate surface area is 111 Å². The first-order valence-corrected chi connectivity index (χ1v) is 6.51. The molecular weight excluding hydrogens is 261 g/mol. The normalized spacial score (nSPS) is 18.5. The number of hydrogen-bond acceptors (Lipinski definition) is 3. The second kappa shape index (κ2) is 7.69. The van der Waals surface area contributed by atoms with Crippen molar-refractivity contribution in [2.24, 2.45) is 5.92 Å². The Balaban J connectivity index is 2.41. The maximum absolute atomic E-state index is 12.9. The van der Waals surface area contributed by atoms with Crippen LogP contribution in [-0.4, -0.2) is 44.9 Å². The molecule has 1 aliphatic rings. The van der Waals surface area contributed by atoms with Crippen LogP contribution in [-0.2, 0) is 9.53 Å². The van der Waals surface area contributed by atoms with Crippen molar-refractivity contribution in [2.75, 3.05) is 26.8 Å². The van der Waals surface area contributed by atoms with Gasteiger partial charge in [0, 0.05) is 13.7 Å². The molecule has 1 rings (SSSR count). The molecule has 1 fully saturated rings. The first-order valence-electron chi connectivity index (χ1n) is 6.51. The Bertz CT molecular complexity index is 279. The molecule has 0 saturated heterocycles. The topological polar surface area (TPSA) is 50.4 Å². The molecule has 7 heteroatoms. The van der Waals surface area contributed by atoms with Crippen LogP contribution in [0.3, 0.4) is 0 Å². The van der Waals surface area contributed by atoms with Crippen LogP contribution < -0.4 is 10.6 Å². The highest BCUT2D eigenvalue weighted by Crippen LogP contribution is 2.35. The van der Waals surface area contributed by atoms with E-state index in [1.54, 1.807) is 0 Å². The molecule has 19 heavy (non-hydrogen) atoms. The summed E-state index contributed by atoms with van der Waals surface area (Å²) in [6, 6.07) is -1.72. The molecule has 0 radical (unpaired) electrons. The average molecular weight is 282 g/mol. The largest absolute Gasteiger partial charge is 0.408 e. The minimum Gasteiger partial charge on any atom is -0.383 e. The standard InChI is InChI=1S/C12H21F3N2O2/c1-19-7-6-16-8-10(18)17-11(12(13,14)15)9-4-2-3-5-9/h9,11,16H,2-8H2,1H3,(H,17,18). The van der Waals surface area contributed by atoms with Gasteiger partial charge in [0.1, 0.15) is 6.04 Å². The van der Waals surface area contributed by atoms with Gasteiger partial charge in [-0.25, -0.2) is 0 Å². The van der Waals surface area contributed by atoms with Gasteiger partial charge in [0.2, 0.25) is 5.91 Å². The van der Waals surface area contributed by atoms with Crippen LogP contribution >= 0.6 is 0 Å². The molecule has 0 aliphatic heterocycles. The zero-order valence-corrected chi connectivity index (χ0v) is 11.1. The molecule has 1 atom stereocenters. The van der Waals surface area contributed by atoms with Gasteiger partial charge in [-0.15, -0.1) is 0 Å². The third-order valence-electron chi connectivity index (χ3n) is 3.31. The van der Waals surface area contributed by atoms with Crippen LogP contribution in [0.1, 0.15) is 25.7 Å². The number of rotatable bonds is 7. The van der Waals surface area contributed by atoms with E-state index < -0.39 is 24.0 Å². The lowest BCUT2D eigenvalue weighted by Gasteiger charge is -2.27. The van der Waals surface area contributed by atoms with Crippen molar-refractivity contribution in [3.05, 3.63) is 0 Å². The molecule has 0 spiro atoms. The summed E-state index contributed by atoms with van der Waals surface area (Å²) in [5.41, 5.74) is 0. The number of carbonyl (C=O) groups is 1. The lowest BCUT2D eigenvalue weighted by Crippen LogP contribution is -2.51. The monoisotopic (exact) mass is 282 g/mol. The molecule has 4 nitrogen and oxygen atoms in total. The van der Waals surface area contributed by atoms with Gasteiger partial charge in [-0.05, 0) is 18.8 Å². The number of nitrogens with one attached hydrogen (secondary N) is 2. The molecule has 1 unspecified atom stereocenters. The summed E-state index contributed by atoms with van der Waals surface area (Å²) in [5, 5.41) is 4.84. The lowest BCUT2D eigenvalue weighted by atomic mass is 9.97. The third-order valence-corrected chi connectivity index (χ3v) is 3.31. The van der Waals surface area contributed by atoms with Crippen molar-refractivity contribution >= 4 is 5.91 Å². The minimum absolute atomic E-state index is 0.122. The van der Waals surface area contributed by atoms with Crippen molar-refractivity contribution in [1.82, 2.24) is 10.6 Å². The van der Waals surface area contributed by atoms with Gasteiger partial charge in [-0.2, -0.15) is 13.2 Å². The summed E-state index contributed by atoms with van der Waals surface area (Å²) in [7, 11) is 1.52. The van der Waals surface area contributed by atoms with E-state index in [2.05, 4.69) is 10.6 Å². The molecule has 1 aliphatic carbocycles. The molecule has 1 saturated carbocycles. The van der Waals surface area contributed by atoms with E-state index in [0.29, 0.717) is 26.0 Å². The predicted octanol–water partition coefficient (Wildman–Crippen LogP) is 1.46. The lowest BCUT2D eigenvalue weighted by molar-refractivity contribution is -0.171. The second-order valence-electron chi connectivity index (χ2n) is 4.80. The molecule has 2 N–H and O–H groups in total. The number of hydrogen-bond donors (Lipinski definition) is 2. The van der Waals surface area contributed by atoms with E-state index in [9.17, 15) is 18.0 Å². The van der Waals surface area contributed by atoms with E-state index in [0.717, 1.165) is 12.8 Å². The SMILES string of the molecule is COCCNCC(=O)NC(C1CCCC1)C(F)(F)F. The van der Waals surface area contributed by atoms with Crippen molar-refractivity contribution in [3.8, 4) is 0 Å². The number of halogens is 3. The Morgan fingerprint density at radius 1 is 1.37 bits per heavy atom. The van der Waals surface area contributed by atoms with Gasteiger partial charge in [0.05, 0.1) is 13.2 Å². The van der Waals surface area contributed by atoms with Crippen molar-refractivity contribution in [1.29, 1.82) is 0 Å². The van der Waals surface area contributed by atoms with E-state index in [-0.39, 0.29) is 6.54 Å². The Hall–Kier alpha value is -0.820. The van der Waals surface area contributed by atoms with Gasteiger partial charge in [0.25, 0.3) is 0 Å². The molecule has 0 aromatic heterocycles. The van der Waals surface area contributed by atoms with E-state index in [1.165, 1.54) is 7.11 Å². The molecule has 1 amide bonds. The van der Waals surface area contributed by atoms with Crippen molar-refractivity contribution in [2.45, 2.75) is 37.9 Å². The van der Waals surface area contributed by atoms with Crippen molar-refractivity contribution in [3.63, 3.8) is 0 Å². The van der Waals surface area contributed by atoms with Crippen LogP contribution in [0.15, 0.2) is 0 Å². The first kappa shape index (κ1) is 16.2. The fourth-order valence-corrected chi connectivity index (χ4v) is 2.36. The van der Waals surface area contributed by atoms with Gasteiger partial charge in [0.15, 0.2) is 0 Å². The minimum atomic E-state index is -4.38. The summed E-state index contributed by atoms with van der Waals surface area (Å²) < 4.78 is 43.5. The van der Waals surface area contributed by atoms with E-state index in [1.807, 2.05) is 0 Å². The van der Waals surface area contributed by atoms with Gasteiger partial charge in [-0.3, -0.25) is 4.79 Å². The van der Waals surface area contributed by atoms with Crippen LogP contribution in [0, 0.1) is 5.92 Å². The third kappa shape index (κ3) is 5.78. The Morgan fingerprint density at radius 3 is 2.53 bits per heavy atom. The van der Waals surface area contributed by atoms with Crippen LogP contribution in [0.4, 0.5) is 13.2 Å². The fourth-order valence-electron chi connectivity index (χ4n) is 2.36. The van der Waals surface area contributed by atoms with Gasteiger partial charge < -0.3 is 15.4 Å². The summed E-state index contributed by atoms with van der Waals surface area (Å²) in [6.45, 7) is 0.727. The number of amides is 1. The Kier molecular flexibility index (Phi) is 6.57. The quantitative estimate of drug-likeness (QED) is 0.695. The summed E-state index contributed by atoms with van der Waals surface area (Å²) in [6.07, 6.45) is -1.71. The highest BCUT2D eigenvalue weighted by Gasteiger charge is 2.46.